The summed E-state index contributed by atoms with van der Waals surface area (Å²) in [5.74, 6) is -0.241. The van der Waals surface area contributed by atoms with E-state index < -0.39 is 6.10 Å². The van der Waals surface area contributed by atoms with E-state index in [4.69, 9.17) is 5.11 Å². The second-order valence-electron chi connectivity index (χ2n) is 3.56. The van der Waals surface area contributed by atoms with Crippen molar-refractivity contribution in [3.05, 3.63) is 11.4 Å². The molecule has 15 heavy (non-hydrogen) atoms. The van der Waals surface area contributed by atoms with Crippen molar-refractivity contribution in [2.75, 3.05) is 13.6 Å². The minimum absolute atomic E-state index is 0.225. The van der Waals surface area contributed by atoms with Gasteiger partial charge in [0.25, 0.3) is 5.91 Å². The number of aryl methyl sites for hydroxylation is 1. The highest BCUT2D eigenvalue weighted by molar-refractivity contribution is 5.92. The molecule has 6 heteroatoms. The first-order valence-corrected chi connectivity index (χ1v) is 4.75. The van der Waals surface area contributed by atoms with E-state index in [1.807, 2.05) is 0 Å². The molecule has 6 nitrogen and oxygen atoms in total. The average Bonchev–Trinajstić information content (AvgIpc) is 2.59. The minimum atomic E-state index is -0.420. The molecule has 0 aromatic carbocycles. The van der Waals surface area contributed by atoms with E-state index in [0.29, 0.717) is 18.7 Å². The van der Waals surface area contributed by atoms with Crippen molar-refractivity contribution in [1.82, 2.24) is 15.2 Å². The van der Waals surface area contributed by atoms with Crippen LogP contribution in [0.3, 0.4) is 0 Å². The number of hydrogen-bond acceptors (Lipinski definition) is 5. The number of nitrogens with zero attached hydrogens (tertiary/aromatic N) is 3. The number of carbonyl (C=O) groups is 1. The predicted octanol–water partition coefficient (Wildman–Crippen LogP) is 0.221. The predicted molar refractivity (Wildman–Crippen MR) is 52.3 cm³/mol. The molecule has 1 heterocycles. The van der Waals surface area contributed by atoms with Crippen LogP contribution in [-0.4, -0.2) is 45.9 Å². The van der Waals surface area contributed by atoms with Crippen molar-refractivity contribution in [2.24, 2.45) is 0 Å². The van der Waals surface area contributed by atoms with Crippen LogP contribution in [0.15, 0.2) is 4.63 Å². The normalized spacial score (nSPS) is 12.5. The zero-order chi connectivity index (χ0) is 11.4. The molecule has 84 valence electrons. The maximum Gasteiger partial charge on any atom is 0.277 e. The SMILES string of the molecule is Cc1nonc1C(=O)N(C)CCC(C)O. The largest absolute Gasteiger partial charge is 0.393 e. The van der Waals surface area contributed by atoms with Crippen molar-refractivity contribution < 1.29 is 14.5 Å². The Hall–Kier alpha value is -1.43. The highest BCUT2D eigenvalue weighted by Crippen LogP contribution is 2.05. The fourth-order valence-corrected chi connectivity index (χ4v) is 1.09. The van der Waals surface area contributed by atoms with E-state index >= 15 is 0 Å². The van der Waals surface area contributed by atoms with Crippen molar-refractivity contribution in [2.45, 2.75) is 26.4 Å². The molecular formula is C9H15N3O3. The Morgan fingerprint density at radius 1 is 1.60 bits per heavy atom. The maximum absolute atomic E-state index is 11.7. The summed E-state index contributed by atoms with van der Waals surface area (Å²) in [6, 6.07) is 0. The van der Waals surface area contributed by atoms with Crippen LogP contribution in [0.1, 0.15) is 29.5 Å². The number of aliphatic hydroxyl groups is 1. The van der Waals surface area contributed by atoms with Crippen LogP contribution in [0, 0.1) is 6.92 Å². The van der Waals surface area contributed by atoms with E-state index in [2.05, 4.69) is 14.9 Å². The lowest BCUT2D eigenvalue weighted by atomic mass is 10.2. The molecule has 0 saturated heterocycles. The molecular weight excluding hydrogens is 198 g/mol. The first kappa shape index (κ1) is 11.6. The van der Waals surface area contributed by atoms with Gasteiger partial charge in [0, 0.05) is 13.6 Å². The molecule has 1 aromatic rings. The summed E-state index contributed by atoms with van der Waals surface area (Å²) in [5, 5.41) is 16.1. The van der Waals surface area contributed by atoms with Gasteiger partial charge < -0.3 is 10.0 Å². The summed E-state index contributed by atoms with van der Waals surface area (Å²) in [6.07, 6.45) is 0.115. The van der Waals surface area contributed by atoms with Gasteiger partial charge in [-0.15, -0.1) is 0 Å². The molecule has 0 radical (unpaired) electrons. The first-order valence-electron chi connectivity index (χ1n) is 4.75. The molecule has 0 fully saturated rings. The molecule has 0 spiro atoms. The van der Waals surface area contributed by atoms with E-state index in [1.165, 1.54) is 4.90 Å². The molecule has 0 bridgehead atoms. The Labute approximate surface area is 87.8 Å². The van der Waals surface area contributed by atoms with E-state index in [9.17, 15) is 4.79 Å². The number of aromatic nitrogens is 2. The van der Waals surface area contributed by atoms with Gasteiger partial charge in [0.05, 0.1) is 6.10 Å². The Bertz CT molecular complexity index is 335. The van der Waals surface area contributed by atoms with Crippen LogP contribution >= 0.6 is 0 Å². The van der Waals surface area contributed by atoms with E-state index in [-0.39, 0.29) is 11.6 Å². The summed E-state index contributed by atoms with van der Waals surface area (Å²) < 4.78 is 4.45. The van der Waals surface area contributed by atoms with Gasteiger partial charge in [-0.3, -0.25) is 4.79 Å². The quantitative estimate of drug-likeness (QED) is 0.774. The summed E-state index contributed by atoms with van der Waals surface area (Å²) >= 11 is 0. The lowest BCUT2D eigenvalue weighted by Crippen LogP contribution is -2.30. The maximum atomic E-state index is 11.7. The third kappa shape index (κ3) is 3.02. The molecule has 1 unspecified atom stereocenters. The fourth-order valence-electron chi connectivity index (χ4n) is 1.09. The minimum Gasteiger partial charge on any atom is -0.393 e. The number of hydrogen-bond donors (Lipinski definition) is 1. The van der Waals surface area contributed by atoms with Crippen LogP contribution in [-0.2, 0) is 0 Å². The number of aliphatic hydroxyl groups excluding tert-OH is 1. The Kier molecular flexibility index (Phi) is 3.79. The van der Waals surface area contributed by atoms with Crippen LogP contribution in [0.2, 0.25) is 0 Å². The lowest BCUT2D eigenvalue weighted by Gasteiger charge is -2.16. The average molecular weight is 213 g/mol. The first-order chi connectivity index (χ1) is 7.02. The van der Waals surface area contributed by atoms with Crippen LogP contribution in [0.5, 0.6) is 0 Å². The van der Waals surface area contributed by atoms with Gasteiger partial charge in [0.1, 0.15) is 5.69 Å². The van der Waals surface area contributed by atoms with Gasteiger partial charge in [-0.1, -0.05) is 5.16 Å². The molecule has 1 N–H and O–H groups in total. The van der Waals surface area contributed by atoms with Crippen molar-refractivity contribution in [3.63, 3.8) is 0 Å². The lowest BCUT2D eigenvalue weighted by molar-refractivity contribution is 0.0757. The molecule has 0 aliphatic rings. The van der Waals surface area contributed by atoms with Gasteiger partial charge in [0.2, 0.25) is 0 Å². The summed E-state index contributed by atoms with van der Waals surface area (Å²) in [5.41, 5.74) is 0.701. The van der Waals surface area contributed by atoms with Crippen molar-refractivity contribution >= 4 is 5.91 Å². The zero-order valence-corrected chi connectivity index (χ0v) is 9.10. The summed E-state index contributed by atoms with van der Waals surface area (Å²) in [7, 11) is 1.65. The van der Waals surface area contributed by atoms with Gasteiger partial charge in [-0.05, 0) is 25.4 Å². The van der Waals surface area contributed by atoms with E-state index in [1.54, 1.807) is 20.9 Å². The highest BCUT2D eigenvalue weighted by Gasteiger charge is 2.19. The van der Waals surface area contributed by atoms with E-state index in [0.717, 1.165) is 0 Å². The Morgan fingerprint density at radius 2 is 2.27 bits per heavy atom. The zero-order valence-electron chi connectivity index (χ0n) is 9.10. The molecule has 0 aliphatic carbocycles. The van der Waals surface area contributed by atoms with Crippen LogP contribution < -0.4 is 0 Å². The van der Waals surface area contributed by atoms with Crippen LogP contribution in [0.25, 0.3) is 0 Å². The second-order valence-corrected chi connectivity index (χ2v) is 3.56. The summed E-state index contributed by atoms with van der Waals surface area (Å²) in [6.45, 7) is 3.82. The van der Waals surface area contributed by atoms with Gasteiger partial charge >= 0.3 is 0 Å². The standard InChI is InChI=1S/C9H15N3O3/c1-6(13)4-5-12(3)9(14)8-7(2)10-15-11-8/h6,13H,4-5H2,1-3H3. The van der Waals surface area contributed by atoms with Gasteiger partial charge in [-0.25, -0.2) is 4.63 Å². The second kappa shape index (κ2) is 4.88. The monoisotopic (exact) mass is 213 g/mol. The number of carbonyl (C=O) groups excluding carboxylic acids is 1. The molecule has 1 aromatic heterocycles. The molecule has 1 rings (SSSR count). The third-order valence-electron chi connectivity index (χ3n) is 2.08. The molecule has 0 saturated carbocycles. The Balaban J connectivity index is 2.57. The highest BCUT2D eigenvalue weighted by atomic mass is 16.6. The number of amides is 1. The van der Waals surface area contributed by atoms with Gasteiger partial charge in [-0.2, -0.15) is 0 Å². The molecule has 0 aliphatic heterocycles. The topological polar surface area (TPSA) is 79.5 Å². The smallest absolute Gasteiger partial charge is 0.277 e. The van der Waals surface area contributed by atoms with Gasteiger partial charge in [0.15, 0.2) is 5.69 Å². The summed E-state index contributed by atoms with van der Waals surface area (Å²) in [4.78, 5) is 13.2. The van der Waals surface area contributed by atoms with Crippen LogP contribution in [0.4, 0.5) is 0 Å². The molecule has 1 atom stereocenters. The Morgan fingerprint density at radius 3 is 2.73 bits per heavy atom. The third-order valence-corrected chi connectivity index (χ3v) is 2.08. The fraction of sp³-hybridized carbons (Fsp3) is 0.667. The van der Waals surface area contributed by atoms with Crippen molar-refractivity contribution in [1.29, 1.82) is 0 Å². The molecule has 1 amide bonds. The van der Waals surface area contributed by atoms with Crippen molar-refractivity contribution in [3.8, 4) is 0 Å². The number of rotatable bonds is 4.